The van der Waals surface area contributed by atoms with Gasteiger partial charge in [-0.2, -0.15) is 0 Å². The van der Waals surface area contributed by atoms with Gasteiger partial charge in [0.15, 0.2) is 6.10 Å². The van der Waals surface area contributed by atoms with Gasteiger partial charge in [-0.15, -0.1) is 0 Å². The fourth-order valence-corrected chi connectivity index (χ4v) is 1.83. The molecule has 0 bridgehead atoms. The molecule has 1 atom stereocenters. The van der Waals surface area contributed by atoms with E-state index in [0.29, 0.717) is 6.61 Å². The Morgan fingerprint density at radius 1 is 1.35 bits per heavy atom. The second-order valence-electron chi connectivity index (χ2n) is 4.25. The third-order valence-electron chi connectivity index (χ3n) is 2.88. The van der Waals surface area contributed by atoms with E-state index < -0.39 is 0 Å². The molecule has 1 unspecified atom stereocenters. The summed E-state index contributed by atoms with van der Waals surface area (Å²) in [5.41, 5.74) is 2.45. The molecule has 1 aromatic rings. The fraction of sp³-hybridized carbons (Fsp3) is 0.500. The molecule has 0 amide bonds. The molecule has 92 valence electrons. The van der Waals surface area contributed by atoms with Gasteiger partial charge in [-0.25, -0.2) is 0 Å². The van der Waals surface area contributed by atoms with Crippen LogP contribution in [0.3, 0.4) is 0 Å². The van der Waals surface area contributed by atoms with Crippen molar-refractivity contribution in [2.75, 3.05) is 13.2 Å². The van der Waals surface area contributed by atoms with Gasteiger partial charge in [-0.3, -0.25) is 0 Å². The minimum atomic E-state index is 0.126. The number of hydrogen-bond donors (Lipinski definition) is 0. The van der Waals surface area contributed by atoms with Crippen molar-refractivity contribution in [3.05, 3.63) is 35.9 Å². The largest absolute Gasteiger partial charge is 0.390 e. The molecule has 0 N–H and O–H groups in total. The van der Waals surface area contributed by atoms with E-state index in [4.69, 9.17) is 9.57 Å². The van der Waals surface area contributed by atoms with Crippen molar-refractivity contribution in [2.45, 2.75) is 32.3 Å². The fourth-order valence-electron chi connectivity index (χ4n) is 1.83. The van der Waals surface area contributed by atoms with E-state index in [1.54, 1.807) is 0 Å². The van der Waals surface area contributed by atoms with Crippen molar-refractivity contribution in [2.24, 2.45) is 5.16 Å². The number of rotatable bonds is 6. The smallest absolute Gasteiger partial charge is 0.156 e. The van der Waals surface area contributed by atoms with Crippen molar-refractivity contribution in [3.8, 4) is 0 Å². The third kappa shape index (κ3) is 3.86. The van der Waals surface area contributed by atoms with Crippen molar-refractivity contribution in [1.82, 2.24) is 0 Å². The van der Waals surface area contributed by atoms with Crippen LogP contribution in [0.15, 0.2) is 35.5 Å². The Kier molecular flexibility index (Phi) is 4.56. The van der Waals surface area contributed by atoms with Crippen molar-refractivity contribution in [3.63, 3.8) is 0 Å². The molecule has 1 aromatic carbocycles. The van der Waals surface area contributed by atoms with Crippen molar-refractivity contribution in [1.29, 1.82) is 0 Å². The maximum atomic E-state index is 5.62. The van der Waals surface area contributed by atoms with Gasteiger partial charge in [0.25, 0.3) is 0 Å². The van der Waals surface area contributed by atoms with Gasteiger partial charge in [0.2, 0.25) is 0 Å². The first-order valence-electron chi connectivity index (χ1n) is 6.21. The first kappa shape index (κ1) is 12.1. The van der Waals surface area contributed by atoms with Crippen molar-refractivity contribution < 1.29 is 9.57 Å². The Hall–Kier alpha value is -1.35. The van der Waals surface area contributed by atoms with Crippen LogP contribution in [-0.4, -0.2) is 25.0 Å². The maximum absolute atomic E-state index is 5.62. The summed E-state index contributed by atoms with van der Waals surface area (Å²) in [5.74, 6) is 0. The molecule has 0 saturated carbocycles. The summed E-state index contributed by atoms with van der Waals surface area (Å²) in [6.45, 7) is 3.48. The van der Waals surface area contributed by atoms with E-state index >= 15 is 0 Å². The van der Waals surface area contributed by atoms with Gasteiger partial charge in [0, 0.05) is 6.42 Å². The molecule has 1 aliphatic heterocycles. The van der Waals surface area contributed by atoms with E-state index in [0.717, 1.165) is 31.6 Å². The summed E-state index contributed by atoms with van der Waals surface area (Å²) >= 11 is 0. The highest BCUT2D eigenvalue weighted by atomic mass is 16.7. The van der Waals surface area contributed by atoms with Gasteiger partial charge in [0.1, 0.15) is 0 Å². The molecular formula is C14H19NO2. The molecule has 2 rings (SSSR count). The summed E-state index contributed by atoms with van der Waals surface area (Å²) in [6.07, 6.45) is 2.97. The normalized spacial score (nSPS) is 18.9. The average Bonchev–Trinajstić information content (AvgIpc) is 2.84. The van der Waals surface area contributed by atoms with Gasteiger partial charge < -0.3 is 9.57 Å². The van der Waals surface area contributed by atoms with Gasteiger partial charge >= 0.3 is 0 Å². The minimum Gasteiger partial charge on any atom is -0.390 e. The van der Waals surface area contributed by atoms with Crippen LogP contribution in [0, 0.1) is 0 Å². The zero-order valence-electron chi connectivity index (χ0n) is 10.3. The molecule has 0 aromatic heterocycles. The molecule has 1 heterocycles. The van der Waals surface area contributed by atoms with Crippen LogP contribution in [0.5, 0.6) is 0 Å². The van der Waals surface area contributed by atoms with Gasteiger partial charge in [0.05, 0.1) is 18.9 Å². The van der Waals surface area contributed by atoms with E-state index in [1.807, 2.05) is 6.07 Å². The lowest BCUT2D eigenvalue weighted by Gasteiger charge is -2.09. The van der Waals surface area contributed by atoms with Crippen LogP contribution in [-0.2, 0) is 16.0 Å². The lowest BCUT2D eigenvalue weighted by molar-refractivity contribution is 0.00377. The summed E-state index contributed by atoms with van der Waals surface area (Å²) in [6, 6.07) is 10.4. The molecule has 0 radical (unpaired) electrons. The summed E-state index contributed by atoms with van der Waals surface area (Å²) in [5, 5.41) is 4.01. The lowest BCUT2D eigenvalue weighted by Crippen LogP contribution is -2.16. The molecule has 3 heteroatoms. The van der Waals surface area contributed by atoms with Gasteiger partial charge in [-0.05, 0) is 18.4 Å². The first-order chi connectivity index (χ1) is 8.38. The molecule has 0 spiro atoms. The Bertz CT molecular complexity index is 362. The van der Waals surface area contributed by atoms with Crippen molar-refractivity contribution >= 4 is 5.71 Å². The quantitative estimate of drug-likeness (QED) is 0.707. The monoisotopic (exact) mass is 233 g/mol. The number of hydrogen-bond acceptors (Lipinski definition) is 3. The Balaban J connectivity index is 1.59. The van der Waals surface area contributed by atoms with E-state index in [9.17, 15) is 0 Å². The highest BCUT2D eigenvalue weighted by Gasteiger charge is 2.19. The molecular weight excluding hydrogens is 214 g/mol. The van der Waals surface area contributed by atoms with Crippen LogP contribution in [0.4, 0.5) is 0 Å². The van der Waals surface area contributed by atoms with Crippen LogP contribution < -0.4 is 0 Å². The molecule has 17 heavy (non-hydrogen) atoms. The first-order valence-corrected chi connectivity index (χ1v) is 6.21. The lowest BCUT2D eigenvalue weighted by atomic mass is 10.1. The van der Waals surface area contributed by atoms with E-state index in [-0.39, 0.29) is 6.10 Å². The predicted molar refractivity (Wildman–Crippen MR) is 68.2 cm³/mol. The molecule has 1 aliphatic rings. The minimum absolute atomic E-state index is 0.126. The Labute approximate surface area is 102 Å². The average molecular weight is 233 g/mol. The van der Waals surface area contributed by atoms with E-state index in [2.05, 4.69) is 36.3 Å². The van der Waals surface area contributed by atoms with Crippen LogP contribution >= 0.6 is 0 Å². The zero-order chi connectivity index (χ0) is 11.9. The van der Waals surface area contributed by atoms with Gasteiger partial charge in [-0.1, -0.05) is 42.4 Å². The third-order valence-corrected chi connectivity index (χ3v) is 2.88. The topological polar surface area (TPSA) is 30.8 Å². The number of ether oxygens (including phenoxy) is 1. The second kappa shape index (κ2) is 6.40. The number of nitrogens with zero attached hydrogens (tertiary/aromatic N) is 1. The highest BCUT2D eigenvalue weighted by Crippen LogP contribution is 2.12. The standard InChI is InChI=1S/C14H19NO2/c1-2-13-10-14(17-15-13)11-16-9-8-12-6-4-3-5-7-12/h3-7,14H,2,8-11H2,1H3. The summed E-state index contributed by atoms with van der Waals surface area (Å²) in [4.78, 5) is 5.27. The SMILES string of the molecule is CCC1=NOC(COCCc2ccccc2)C1. The Morgan fingerprint density at radius 3 is 2.88 bits per heavy atom. The van der Waals surface area contributed by atoms with Crippen LogP contribution in [0.2, 0.25) is 0 Å². The Morgan fingerprint density at radius 2 is 2.18 bits per heavy atom. The number of oxime groups is 1. The molecule has 0 fully saturated rings. The summed E-state index contributed by atoms with van der Waals surface area (Å²) < 4.78 is 5.62. The van der Waals surface area contributed by atoms with E-state index in [1.165, 1.54) is 5.56 Å². The zero-order valence-corrected chi connectivity index (χ0v) is 10.3. The van der Waals surface area contributed by atoms with Crippen LogP contribution in [0.1, 0.15) is 25.3 Å². The second-order valence-corrected chi connectivity index (χ2v) is 4.25. The predicted octanol–water partition coefficient (Wildman–Crippen LogP) is 2.80. The molecule has 3 nitrogen and oxygen atoms in total. The molecule has 0 aliphatic carbocycles. The highest BCUT2D eigenvalue weighted by molar-refractivity contribution is 5.85. The maximum Gasteiger partial charge on any atom is 0.156 e. The van der Waals surface area contributed by atoms with Crippen LogP contribution in [0.25, 0.3) is 0 Å². The molecule has 0 saturated heterocycles. The summed E-state index contributed by atoms with van der Waals surface area (Å²) in [7, 11) is 0. The number of benzene rings is 1.